The number of aromatic nitrogens is 3. The molecule has 1 aromatic carbocycles. The Balaban J connectivity index is 1.53. The molecule has 0 radical (unpaired) electrons. The number of thiazole rings is 1. The van der Waals surface area contributed by atoms with Crippen molar-refractivity contribution in [2.75, 3.05) is 13.7 Å². The number of rotatable bonds is 4. The van der Waals surface area contributed by atoms with Gasteiger partial charge in [0, 0.05) is 25.7 Å². The maximum atomic E-state index is 5.30. The molecule has 1 aliphatic rings. The molecule has 4 rings (SSSR count). The topological polar surface area (TPSA) is 51.1 Å². The molecule has 5 nitrogen and oxygen atoms in total. The molecule has 0 atom stereocenters. The van der Waals surface area contributed by atoms with Crippen LogP contribution >= 0.6 is 11.3 Å². The first-order valence-corrected chi connectivity index (χ1v) is 9.06. The van der Waals surface area contributed by atoms with E-state index in [9.17, 15) is 0 Å². The lowest BCUT2D eigenvalue weighted by Gasteiger charge is -2.27. The number of aryl methyl sites for hydroxylation is 1. The fourth-order valence-electron chi connectivity index (χ4n) is 3.04. The van der Waals surface area contributed by atoms with Gasteiger partial charge in [-0.3, -0.25) is 4.90 Å². The minimum absolute atomic E-state index is 0.868. The van der Waals surface area contributed by atoms with Crippen LogP contribution in [0.25, 0.3) is 10.2 Å². The van der Waals surface area contributed by atoms with Crippen LogP contribution in [0, 0.1) is 0 Å². The van der Waals surface area contributed by atoms with Crippen LogP contribution in [0.1, 0.15) is 29.0 Å². The standard InChI is InChI=1S/C18H20N4OS/c1-3-17-19-9-12-6-7-22(10-15(12)20-17)11-18-21-14-5-4-13(23-2)8-16(14)24-18/h4-5,8-9H,3,6-7,10-11H2,1-2H3. The molecule has 0 N–H and O–H groups in total. The first-order valence-electron chi connectivity index (χ1n) is 8.24. The Kier molecular flexibility index (Phi) is 4.16. The summed E-state index contributed by atoms with van der Waals surface area (Å²) in [5, 5.41) is 1.14. The summed E-state index contributed by atoms with van der Waals surface area (Å²) in [6, 6.07) is 6.05. The Labute approximate surface area is 145 Å². The number of benzene rings is 1. The van der Waals surface area contributed by atoms with E-state index < -0.39 is 0 Å². The summed E-state index contributed by atoms with van der Waals surface area (Å²) >= 11 is 1.74. The van der Waals surface area contributed by atoms with Gasteiger partial charge in [0.05, 0.1) is 29.6 Å². The molecule has 0 unspecified atom stereocenters. The van der Waals surface area contributed by atoms with Crippen molar-refractivity contribution in [3.05, 3.63) is 46.5 Å². The first-order chi connectivity index (χ1) is 11.7. The Bertz CT molecular complexity index is 877. The van der Waals surface area contributed by atoms with Crippen LogP contribution in [0.4, 0.5) is 0 Å². The van der Waals surface area contributed by atoms with Crippen molar-refractivity contribution in [2.45, 2.75) is 32.9 Å². The number of hydrogen-bond acceptors (Lipinski definition) is 6. The summed E-state index contributed by atoms with van der Waals surface area (Å²) in [5.74, 6) is 1.82. The Morgan fingerprint density at radius 2 is 2.21 bits per heavy atom. The van der Waals surface area contributed by atoms with Gasteiger partial charge in [-0.15, -0.1) is 11.3 Å². The van der Waals surface area contributed by atoms with Crippen LogP contribution in [-0.4, -0.2) is 33.5 Å². The predicted octanol–water partition coefficient (Wildman–Crippen LogP) is 3.22. The van der Waals surface area contributed by atoms with Gasteiger partial charge in [0.2, 0.25) is 0 Å². The van der Waals surface area contributed by atoms with Gasteiger partial charge >= 0.3 is 0 Å². The van der Waals surface area contributed by atoms with Crippen LogP contribution < -0.4 is 4.74 Å². The van der Waals surface area contributed by atoms with Gasteiger partial charge in [0.25, 0.3) is 0 Å². The van der Waals surface area contributed by atoms with E-state index in [2.05, 4.69) is 22.9 Å². The number of methoxy groups -OCH3 is 1. The molecule has 6 heteroatoms. The van der Waals surface area contributed by atoms with Crippen LogP contribution in [0.5, 0.6) is 5.75 Å². The second-order valence-corrected chi connectivity index (χ2v) is 7.13. The molecule has 0 fully saturated rings. The molecule has 3 heterocycles. The van der Waals surface area contributed by atoms with Crippen LogP contribution in [0.3, 0.4) is 0 Å². The smallest absolute Gasteiger partial charge is 0.128 e. The molecule has 3 aromatic rings. The lowest BCUT2D eigenvalue weighted by atomic mass is 10.1. The summed E-state index contributed by atoms with van der Waals surface area (Å²) in [7, 11) is 1.70. The highest BCUT2D eigenvalue weighted by molar-refractivity contribution is 7.18. The van der Waals surface area contributed by atoms with Gasteiger partial charge in [-0.2, -0.15) is 0 Å². The first kappa shape index (κ1) is 15.5. The molecule has 0 saturated carbocycles. The van der Waals surface area contributed by atoms with E-state index in [1.807, 2.05) is 18.3 Å². The highest BCUT2D eigenvalue weighted by Crippen LogP contribution is 2.28. The Hall–Kier alpha value is -2.05. The van der Waals surface area contributed by atoms with E-state index >= 15 is 0 Å². The Morgan fingerprint density at radius 3 is 3.04 bits per heavy atom. The third-order valence-electron chi connectivity index (χ3n) is 4.39. The lowest BCUT2D eigenvalue weighted by molar-refractivity contribution is 0.240. The van der Waals surface area contributed by atoms with Crippen molar-refractivity contribution in [2.24, 2.45) is 0 Å². The van der Waals surface area contributed by atoms with E-state index in [0.29, 0.717) is 0 Å². The monoisotopic (exact) mass is 340 g/mol. The van der Waals surface area contributed by atoms with Crippen molar-refractivity contribution in [3.8, 4) is 5.75 Å². The minimum Gasteiger partial charge on any atom is -0.497 e. The number of fused-ring (bicyclic) bond motifs is 2. The summed E-state index contributed by atoms with van der Waals surface area (Å²) in [6.07, 6.45) is 3.90. The maximum Gasteiger partial charge on any atom is 0.128 e. The molecule has 0 saturated heterocycles. The fraction of sp³-hybridized carbons (Fsp3) is 0.389. The SMILES string of the molecule is CCc1ncc2c(n1)CN(Cc1nc3ccc(OC)cc3s1)CC2. The van der Waals surface area contributed by atoms with Gasteiger partial charge in [0.1, 0.15) is 16.6 Å². The van der Waals surface area contributed by atoms with Gasteiger partial charge in [-0.25, -0.2) is 15.0 Å². The van der Waals surface area contributed by atoms with Crippen molar-refractivity contribution in [3.63, 3.8) is 0 Å². The minimum atomic E-state index is 0.868. The summed E-state index contributed by atoms with van der Waals surface area (Å²) in [6.45, 7) is 4.87. The van der Waals surface area contributed by atoms with E-state index in [-0.39, 0.29) is 0 Å². The van der Waals surface area contributed by atoms with Gasteiger partial charge < -0.3 is 4.74 Å². The average Bonchev–Trinajstić information content (AvgIpc) is 3.02. The third-order valence-corrected chi connectivity index (χ3v) is 5.39. The second-order valence-electron chi connectivity index (χ2n) is 6.01. The molecule has 0 amide bonds. The van der Waals surface area contributed by atoms with Crippen LogP contribution in [0.15, 0.2) is 24.4 Å². The highest BCUT2D eigenvalue weighted by atomic mass is 32.1. The molecule has 0 aliphatic carbocycles. The van der Waals surface area contributed by atoms with Crippen molar-refractivity contribution in [1.82, 2.24) is 19.9 Å². The quantitative estimate of drug-likeness (QED) is 0.730. The largest absolute Gasteiger partial charge is 0.497 e. The van der Waals surface area contributed by atoms with Gasteiger partial charge in [-0.05, 0) is 30.2 Å². The molecular weight excluding hydrogens is 320 g/mol. The average molecular weight is 340 g/mol. The zero-order chi connectivity index (χ0) is 16.5. The third kappa shape index (κ3) is 2.99. The van der Waals surface area contributed by atoms with Gasteiger partial charge in [0.15, 0.2) is 0 Å². The summed E-state index contributed by atoms with van der Waals surface area (Å²) < 4.78 is 6.47. The number of nitrogens with zero attached hydrogens (tertiary/aromatic N) is 4. The maximum absolute atomic E-state index is 5.30. The van der Waals surface area contributed by atoms with Crippen LogP contribution in [0.2, 0.25) is 0 Å². The number of hydrogen-bond donors (Lipinski definition) is 0. The molecular formula is C18H20N4OS. The predicted molar refractivity (Wildman–Crippen MR) is 95.4 cm³/mol. The molecule has 1 aliphatic heterocycles. The van der Waals surface area contributed by atoms with Gasteiger partial charge in [-0.1, -0.05) is 6.92 Å². The molecule has 0 bridgehead atoms. The number of ether oxygens (including phenoxy) is 1. The lowest BCUT2D eigenvalue weighted by Crippen LogP contribution is -2.31. The molecule has 124 valence electrons. The Morgan fingerprint density at radius 1 is 1.29 bits per heavy atom. The van der Waals surface area contributed by atoms with Crippen LogP contribution in [-0.2, 0) is 25.9 Å². The normalized spacial score (nSPS) is 14.8. The fourth-order valence-corrected chi connectivity index (χ4v) is 4.08. The van der Waals surface area contributed by atoms with E-state index in [1.54, 1.807) is 18.4 Å². The van der Waals surface area contributed by atoms with Crippen molar-refractivity contribution in [1.29, 1.82) is 0 Å². The summed E-state index contributed by atoms with van der Waals surface area (Å²) in [5.41, 5.74) is 3.51. The van der Waals surface area contributed by atoms with E-state index in [0.717, 1.165) is 54.6 Å². The highest BCUT2D eigenvalue weighted by Gasteiger charge is 2.19. The molecule has 24 heavy (non-hydrogen) atoms. The molecule has 2 aromatic heterocycles. The van der Waals surface area contributed by atoms with Crippen molar-refractivity contribution < 1.29 is 4.74 Å². The second kappa shape index (κ2) is 6.45. The van der Waals surface area contributed by atoms with E-state index in [1.165, 1.54) is 16.0 Å². The zero-order valence-electron chi connectivity index (χ0n) is 14.0. The van der Waals surface area contributed by atoms with E-state index in [4.69, 9.17) is 14.7 Å². The molecule has 0 spiro atoms. The van der Waals surface area contributed by atoms with Crippen molar-refractivity contribution >= 4 is 21.6 Å². The zero-order valence-corrected chi connectivity index (χ0v) is 14.8. The summed E-state index contributed by atoms with van der Waals surface area (Å²) in [4.78, 5) is 16.3.